The van der Waals surface area contributed by atoms with Crippen molar-refractivity contribution < 1.29 is 4.79 Å². The van der Waals surface area contributed by atoms with E-state index in [9.17, 15) is 4.79 Å². The molecule has 0 radical (unpaired) electrons. The van der Waals surface area contributed by atoms with Gasteiger partial charge < -0.3 is 5.73 Å². The van der Waals surface area contributed by atoms with Gasteiger partial charge in [-0.3, -0.25) is 9.69 Å². The van der Waals surface area contributed by atoms with Gasteiger partial charge in [0, 0.05) is 6.54 Å². The summed E-state index contributed by atoms with van der Waals surface area (Å²) in [5, 5.41) is 0. The summed E-state index contributed by atoms with van der Waals surface area (Å²) in [5.41, 5.74) is 5.13. The van der Waals surface area contributed by atoms with E-state index >= 15 is 0 Å². The van der Waals surface area contributed by atoms with Crippen molar-refractivity contribution in [2.75, 3.05) is 13.6 Å². The van der Waals surface area contributed by atoms with Crippen LogP contribution in [0.1, 0.15) is 20.8 Å². The summed E-state index contributed by atoms with van der Waals surface area (Å²) in [6.45, 7) is 6.96. The van der Waals surface area contributed by atoms with Crippen LogP contribution in [0, 0.1) is 5.92 Å². The number of hydrogen-bond donors (Lipinski definition) is 1. The third-order valence-electron chi connectivity index (χ3n) is 1.73. The summed E-state index contributed by atoms with van der Waals surface area (Å²) < 4.78 is 0. The van der Waals surface area contributed by atoms with E-state index in [-0.39, 0.29) is 11.9 Å². The number of carbonyl (C=O) groups excluding carboxylic acids is 1. The van der Waals surface area contributed by atoms with E-state index in [2.05, 4.69) is 13.8 Å². The molecule has 3 heteroatoms. The van der Waals surface area contributed by atoms with Crippen LogP contribution in [-0.2, 0) is 4.79 Å². The second kappa shape index (κ2) is 4.34. The van der Waals surface area contributed by atoms with E-state index < -0.39 is 0 Å². The smallest absolute Gasteiger partial charge is 0.234 e. The molecule has 0 aliphatic rings. The fourth-order valence-electron chi connectivity index (χ4n) is 0.951. The number of hydrogen-bond acceptors (Lipinski definition) is 2. The predicted octanol–water partition coefficient (Wildman–Crippen LogP) is 0.448. The lowest BCUT2D eigenvalue weighted by Gasteiger charge is -2.23. The lowest BCUT2D eigenvalue weighted by Crippen LogP contribution is -2.41. The monoisotopic (exact) mass is 158 g/mol. The third-order valence-corrected chi connectivity index (χ3v) is 1.73. The maximum Gasteiger partial charge on any atom is 0.234 e. The Bertz CT molecular complexity index is 134. The Kier molecular flexibility index (Phi) is 4.11. The molecule has 2 N–H and O–H groups in total. The molecule has 0 fully saturated rings. The highest BCUT2D eigenvalue weighted by atomic mass is 16.1. The molecule has 1 amide bonds. The van der Waals surface area contributed by atoms with Crippen molar-refractivity contribution in [2.24, 2.45) is 11.7 Å². The van der Waals surface area contributed by atoms with Crippen LogP contribution < -0.4 is 5.73 Å². The van der Waals surface area contributed by atoms with E-state index in [0.29, 0.717) is 5.92 Å². The van der Waals surface area contributed by atoms with Crippen LogP contribution in [0.3, 0.4) is 0 Å². The molecule has 3 nitrogen and oxygen atoms in total. The molecule has 0 spiro atoms. The van der Waals surface area contributed by atoms with Gasteiger partial charge in [-0.15, -0.1) is 0 Å². The van der Waals surface area contributed by atoms with Gasteiger partial charge in [-0.1, -0.05) is 13.8 Å². The van der Waals surface area contributed by atoms with Crippen molar-refractivity contribution in [3.05, 3.63) is 0 Å². The highest BCUT2D eigenvalue weighted by molar-refractivity contribution is 5.79. The van der Waals surface area contributed by atoms with Crippen molar-refractivity contribution in [2.45, 2.75) is 26.8 Å². The topological polar surface area (TPSA) is 46.3 Å². The van der Waals surface area contributed by atoms with E-state index in [4.69, 9.17) is 5.73 Å². The van der Waals surface area contributed by atoms with Crippen LogP contribution in [0.5, 0.6) is 0 Å². The van der Waals surface area contributed by atoms with Crippen LogP contribution in [0.2, 0.25) is 0 Å². The molecular formula is C8H18N2O. The average Bonchev–Trinajstić information content (AvgIpc) is 1.84. The second-order valence-electron chi connectivity index (χ2n) is 3.41. The van der Waals surface area contributed by atoms with Crippen molar-refractivity contribution in [1.29, 1.82) is 0 Å². The Balaban J connectivity index is 3.82. The fraction of sp³-hybridized carbons (Fsp3) is 0.875. The number of carbonyl (C=O) groups is 1. The molecule has 0 saturated heterocycles. The molecule has 0 heterocycles. The first-order chi connectivity index (χ1) is 4.95. The minimum Gasteiger partial charge on any atom is -0.368 e. The Morgan fingerprint density at radius 2 is 1.91 bits per heavy atom. The number of nitrogens with zero attached hydrogens (tertiary/aromatic N) is 1. The Morgan fingerprint density at radius 3 is 2.18 bits per heavy atom. The van der Waals surface area contributed by atoms with Crippen molar-refractivity contribution >= 4 is 5.91 Å². The number of likely N-dealkylation sites (N-methyl/N-ethyl adjacent to an activating group) is 1. The van der Waals surface area contributed by atoms with Crippen LogP contribution in [0.15, 0.2) is 0 Å². The van der Waals surface area contributed by atoms with E-state index in [0.717, 1.165) is 6.54 Å². The van der Waals surface area contributed by atoms with Gasteiger partial charge in [-0.25, -0.2) is 0 Å². The molecule has 0 aromatic rings. The van der Waals surface area contributed by atoms with E-state index in [1.165, 1.54) is 0 Å². The average molecular weight is 158 g/mol. The highest BCUT2D eigenvalue weighted by Crippen LogP contribution is 2.00. The summed E-state index contributed by atoms with van der Waals surface area (Å²) in [6.07, 6.45) is 0. The molecule has 66 valence electrons. The summed E-state index contributed by atoms with van der Waals surface area (Å²) in [7, 11) is 1.91. The number of rotatable bonds is 4. The number of amides is 1. The van der Waals surface area contributed by atoms with Gasteiger partial charge in [-0.2, -0.15) is 0 Å². The lowest BCUT2D eigenvalue weighted by molar-refractivity contribution is -0.122. The summed E-state index contributed by atoms with van der Waals surface area (Å²) in [4.78, 5) is 12.7. The molecule has 0 bridgehead atoms. The van der Waals surface area contributed by atoms with Crippen LogP contribution in [0.25, 0.3) is 0 Å². The number of primary amides is 1. The largest absolute Gasteiger partial charge is 0.368 e. The van der Waals surface area contributed by atoms with Gasteiger partial charge in [0.15, 0.2) is 0 Å². The fourth-order valence-corrected chi connectivity index (χ4v) is 0.951. The summed E-state index contributed by atoms with van der Waals surface area (Å²) in [6, 6.07) is -0.155. The molecule has 1 unspecified atom stereocenters. The molecule has 11 heavy (non-hydrogen) atoms. The van der Waals surface area contributed by atoms with Gasteiger partial charge in [0.05, 0.1) is 6.04 Å². The predicted molar refractivity (Wildman–Crippen MR) is 46.1 cm³/mol. The first kappa shape index (κ1) is 10.4. The van der Waals surface area contributed by atoms with Gasteiger partial charge in [0.1, 0.15) is 0 Å². The third kappa shape index (κ3) is 3.98. The van der Waals surface area contributed by atoms with Crippen LogP contribution in [0.4, 0.5) is 0 Å². The minimum absolute atomic E-state index is 0.155. The maximum atomic E-state index is 10.7. The van der Waals surface area contributed by atoms with Crippen molar-refractivity contribution in [3.63, 3.8) is 0 Å². The lowest BCUT2D eigenvalue weighted by atomic mass is 10.2. The van der Waals surface area contributed by atoms with Crippen molar-refractivity contribution in [3.8, 4) is 0 Å². The first-order valence-corrected chi connectivity index (χ1v) is 3.94. The van der Waals surface area contributed by atoms with E-state index in [1.807, 2.05) is 18.9 Å². The Labute approximate surface area is 68.6 Å². The summed E-state index contributed by atoms with van der Waals surface area (Å²) in [5.74, 6) is 0.315. The van der Waals surface area contributed by atoms with E-state index in [1.54, 1.807) is 0 Å². The zero-order chi connectivity index (χ0) is 9.02. The van der Waals surface area contributed by atoms with Crippen LogP contribution in [-0.4, -0.2) is 30.4 Å². The molecule has 0 aliphatic carbocycles. The minimum atomic E-state index is -0.256. The first-order valence-electron chi connectivity index (χ1n) is 3.94. The standard InChI is InChI=1S/C8H18N2O/c1-6(2)5-10(4)7(3)8(9)11/h6-7H,5H2,1-4H3,(H2,9,11). The molecule has 0 saturated carbocycles. The van der Waals surface area contributed by atoms with Crippen molar-refractivity contribution in [1.82, 2.24) is 4.90 Å². The zero-order valence-corrected chi connectivity index (χ0v) is 7.79. The SMILES string of the molecule is CC(C)CN(C)C(C)C(N)=O. The van der Waals surface area contributed by atoms with Gasteiger partial charge in [0.2, 0.25) is 5.91 Å². The van der Waals surface area contributed by atoms with Gasteiger partial charge >= 0.3 is 0 Å². The molecule has 0 aliphatic heterocycles. The Hall–Kier alpha value is -0.570. The van der Waals surface area contributed by atoms with Gasteiger partial charge in [-0.05, 0) is 19.9 Å². The number of nitrogens with two attached hydrogens (primary N) is 1. The highest BCUT2D eigenvalue weighted by Gasteiger charge is 2.14. The van der Waals surface area contributed by atoms with Crippen LogP contribution >= 0.6 is 0 Å². The maximum absolute atomic E-state index is 10.7. The normalized spacial score (nSPS) is 14.0. The zero-order valence-electron chi connectivity index (χ0n) is 7.79. The summed E-state index contributed by atoms with van der Waals surface area (Å²) >= 11 is 0. The molecular weight excluding hydrogens is 140 g/mol. The molecule has 0 aromatic carbocycles. The molecule has 0 aromatic heterocycles. The Morgan fingerprint density at radius 1 is 1.45 bits per heavy atom. The quantitative estimate of drug-likeness (QED) is 0.645. The van der Waals surface area contributed by atoms with Gasteiger partial charge in [0.25, 0.3) is 0 Å². The molecule has 1 atom stereocenters. The molecule has 0 rings (SSSR count). The second-order valence-corrected chi connectivity index (χ2v) is 3.41.